The monoisotopic (exact) mass is 343 g/mol. The van der Waals surface area contributed by atoms with E-state index in [4.69, 9.17) is 0 Å². The topological polar surface area (TPSA) is 63.2 Å². The van der Waals surface area contributed by atoms with Crippen molar-refractivity contribution in [3.05, 3.63) is 11.6 Å². The SMILES string of the molecule is CC(=O)N[C@H]1C(=O)C[C@H]2[C@H]3CCC4=CC(=O)CC[C@]4(C)[C@@H]3CC[C@]12C. The molecule has 0 unspecified atom stereocenters. The number of rotatable bonds is 1. The fourth-order valence-corrected chi connectivity index (χ4v) is 6.80. The number of Topliss-reactive ketones (excluding diaryl/α,β-unsaturated/α-hetero) is 1. The second-order valence-corrected chi connectivity index (χ2v) is 9.32. The Morgan fingerprint density at radius 1 is 1.12 bits per heavy atom. The van der Waals surface area contributed by atoms with E-state index in [-0.39, 0.29) is 34.3 Å². The predicted octanol–water partition coefficient (Wildman–Crippen LogP) is 3.20. The van der Waals surface area contributed by atoms with Crippen LogP contribution in [0.4, 0.5) is 0 Å². The van der Waals surface area contributed by atoms with E-state index < -0.39 is 0 Å². The number of carbonyl (C=O) groups is 3. The molecule has 0 radical (unpaired) electrons. The third kappa shape index (κ3) is 2.36. The van der Waals surface area contributed by atoms with Gasteiger partial charge in [0.15, 0.2) is 11.6 Å². The van der Waals surface area contributed by atoms with Crippen molar-refractivity contribution in [2.24, 2.45) is 28.6 Å². The van der Waals surface area contributed by atoms with Crippen LogP contribution in [0.2, 0.25) is 0 Å². The van der Waals surface area contributed by atoms with Crippen LogP contribution in [0.25, 0.3) is 0 Å². The van der Waals surface area contributed by atoms with Gasteiger partial charge in [-0.15, -0.1) is 0 Å². The van der Waals surface area contributed by atoms with Gasteiger partial charge in [-0.2, -0.15) is 0 Å². The summed E-state index contributed by atoms with van der Waals surface area (Å²) in [6.45, 7) is 6.08. The van der Waals surface area contributed by atoms with Gasteiger partial charge < -0.3 is 5.32 Å². The Hall–Kier alpha value is -1.45. The van der Waals surface area contributed by atoms with Gasteiger partial charge in [0.05, 0.1) is 6.04 Å². The molecule has 0 aromatic rings. The highest BCUT2D eigenvalue weighted by atomic mass is 16.2. The van der Waals surface area contributed by atoms with Crippen molar-refractivity contribution in [2.75, 3.05) is 0 Å². The maximum absolute atomic E-state index is 12.7. The van der Waals surface area contributed by atoms with Gasteiger partial charge in [-0.1, -0.05) is 19.4 Å². The van der Waals surface area contributed by atoms with Gasteiger partial charge in [-0.3, -0.25) is 14.4 Å². The second-order valence-electron chi connectivity index (χ2n) is 9.32. The third-order valence-electron chi connectivity index (χ3n) is 8.15. The molecule has 4 nitrogen and oxygen atoms in total. The van der Waals surface area contributed by atoms with Crippen LogP contribution in [0.1, 0.15) is 65.7 Å². The Bertz CT molecular complexity index is 681. The summed E-state index contributed by atoms with van der Waals surface area (Å²) in [6, 6.07) is -0.311. The maximum atomic E-state index is 12.7. The highest BCUT2D eigenvalue weighted by Gasteiger charge is 2.61. The Morgan fingerprint density at radius 3 is 2.60 bits per heavy atom. The summed E-state index contributed by atoms with van der Waals surface area (Å²) in [5, 5.41) is 2.95. The van der Waals surface area contributed by atoms with E-state index in [0.29, 0.717) is 30.6 Å². The third-order valence-corrected chi connectivity index (χ3v) is 8.15. The van der Waals surface area contributed by atoms with Crippen LogP contribution in [-0.4, -0.2) is 23.5 Å². The summed E-state index contributed by atoms with van der Waals surface area (Å²) in [4.78, 5) is 36.2. The molecule has 3 fully saturated rings. The summed E-state index contributed by atoms with van der Waals surface area (Å²) in [7, 11) is 0. The minimum absolute atomic E-state index is 0.103. The van der Waals surface area contributed by atoms with Crippen LogP contribution in [-0.2, 0) is 14.4 Å². The van der Waals surface area contributed by atoms with Crippen molar-refractivity contribution in [3.8, 4) is 0 Å². The quantitative estimate of drug-likeness (QED) is 0.795. The molecule has 4 aliphatic carbocycles. The molecular weight excluding hydrogens is 314 g/mol. The normalized spacial score (nSPS) is 46.0. The molecule has 3 saturated carbocycles. The van der Waals surface area contributed by atoms with E-state index in [9.17, 15) is 14.4 Å². The minimum atomic E-state index is -0.311. The van der Waals surface area contributed by atoms with Gasteiger partial charge in [0.1, 0.15) is 0 Å². The minimum Gasteiger partial charge on any atom is -0.346 e. The molecule has 0 spiro atoms. The molecule has 0 aromatic heterocycles. The van der Waals surface area contributed by atoms with Gasteiger partial charge in [0.2, 0.25) is 5.91 Å². The summed E-state index contributed by atoms with van der Waals surface area (Å²) >= 11 is 0. The molecular formula is C21H29NO3. The summed E-state index contributed by atoms with van der Waals surface area (Å²) in [6.07, 6.45) is 8.33. The first-order valence-corrected chi connectivity index (χ1v) is 9.79. The largest absolute Gasteiger partial charge is 0.346 e. The molecule has 1 amide bonds. The number of hydrogen-bond acceptors (Lipinski definition) is 3. The van der Waals surface area contributed by atoms with Crippen LogP contribution < -0.4 is 5.32 Å². The fraction of sp³-hybridized carbons (Fsp3) is 0.762. The lowest BCUT2D eigenvalue weighted by Crippen LogP contribution is -2.54. The van der Waals surface area contributed by atoms with Crippen molar-refractivity contribution in [1.29, 1.82) is 0 Å². The highest BCUT2D eigenvalue weighted by Crippen LogP contribution is 2.64. The Morgan fingerprint density at radius 2 is 1.88 bits per heavy atom. The number of allylic oxidation sites excluding steroid dienone is 1. The van der Waals surface area contributed by atoms with E-state index in [1.807, 2.05) is 6.08 Å². The number of carbonyl (C=O) groups excluding carboxylic acids is 3. The number of hydrogen-bond donors (Lipinski definition) is 1. The summed E-state index contributed by atoms with van der Waals surface area (Å²) in [5.74, 6) is 1.88. The van der Waals surface area contributed by atoms with E-state index in [2.05, 4.69) is 19.2 Å². The zero-order valence-corrected chi connectivity index (χ0v) is 15.6. The van der Waals surface area contributed by atoms with Crippen molar-refractivity contribution in [1.82, 2.24) is 5.32 Å². The zero-order chi connectivity index (χ0) is 18.0. The number of ketones is 2. The second kappa shape index (κ2) is 5.52. The molecule has 136 valence electrons. The molecule has 4 rings (SSSR count). The molecule has 4 aliphatic rings. The molecule has 4 heteroatoms. The van der Waals surface area contributed by atoms with Crippen molar-refractivity contribution in [3.63, 3.8) is 0 Å². The van der Waals surface area contributed by atoms with Crippen molar-refractivity contribution >= 4 is 17.5 Å². The Labute approximate surface area is 149 Å². The number of fused-ring (bicyclic) bond motifs is 5. The first-order chi connectivity index (χ1) is 11.8. The van der Waals surface area contributed by atoms with Crippen LogP contribution in [0.15, 0.2) is 11.6 Å². The number of amides is 1. The number of nitrogens with one attached hydrogen (secondary N) is 1. The Balaban J connectivity index is 1.66. The van der Waals surface area contributed by atoms with Gasteiger partial charge in [-0.25, -0.2) is 0 Å². The summed E-state index contributed by atoms with van der Waals surface area (Å²) < 4.78 is 0. The molecule has 25 heavy (non-hydrogen) atoms. The van der Waals surface area contributed by atoms with Gasteiger partial charge >= 0.3 is 0 Å². The van der Waals surface area contributed by atoms with Crippen LogP contribution in [0.5, 0.6) is 0 Å². The van der Waals surface area contributed by atoms with Crippen LogP contribution in [0.3, 0.4) is 0 Å². The lowest BCUT2D eigenvalue weighted by molar-refractivity contribution is -0.127. The lowest BCUT2D eigenvalue weighted by atomic mass is 9.47. The molecule has 0 bridgehead atoms. The predicted molar refractivity (Wildman–Crippen MR) is 94.7 cm³/mol. The van der Waals surface area contributed by atoms with Crippen molar-refractivity contribution < 1.29 is 14.4 Å². The molecule has 0 aromatic carbocycles. The average molecular weight is 343 g/mol. The van der Waals surface area contributed by atoms with Gasteiger partial charge in [-0.05, 0) is 66.8 Å². The molecule has 0 aliphatic heterocycles. The molecule has 0 heterocycles. The van der Waals surface area contributed by atoms with E-state index in [0.717, 1.165) is 32.1 Å². The first kappa shape index (κ1) is 17.0. The smallest absolute Gasteiger partial charge is 0.217 e. The zero-order valence-electron chi connectivity index (χ0n) is 15.6. The fourth-order valence-electron chi connectivity index (χ4n) is 6.80. The van der Waals surface area contributed by atoms with Crippen molar-refractivity contribution in [2.45, 2.75) is 71.8 Å². The molecule has 0 saturated heterocycles. The maximum Gasteiger partial charge on any atom is 0.217 e. The Kier molecular flexibility index (Phi) is 3.75. The van der Waals surface area contributed by atoms with Gasteiger partial charge in [0, 0.05) is 19.8 Å². The average Bonchev–Trinajstić information content (AvgIpc) is 2.79. The van der Waals surface area contributed by atoms with Crippen LogP contribution >= 0.6 is 0 Å². The molecule has 1 N–H and O–H groups in total. The van der Waals surface area contributed by atoms with Gasteiger partial charge in [0.25, 0.3) is 0 Å². The van der Waals surface area contributed by atoms with E-state index in [1.165, 1.54) is 12.5 Å². The first-order valence-electron chi connectivity index (χ1n) is 9.79. The lowest BCUT2D eigenvalue weighted by Gasteiger charge is -2.57. The van der Waals surface area contributed by atoms with E-state index >= 15 is 0 Å². The molecule has 6 atom stereocenters. The highest BCUT2D eigenvalue weighted by molar-refractivity contribution is 5.92. The van der Waals surface area contributed by atoms with E-state index in [1.54, 1.807) is 0 Å². The summed E-state index contributed by atoms with van der Waals surface area (Å²) in [5.41, 5.74) is 1.38. The van der Waals surface area contributed by atoms with Crippen LogP contribution in [0, 0.1) is 28.6 Å². The standard InChI is InChI=1S/C21H29NO3/c1-12(23)22-19-18(25)11-17-15-5-4-13-10-14(24)6-8-20(13,2)16(15)7-9-21(17,19)3/h10,15-17,19H,4-9,11H2,1-3H3,(H,22,23)/t15-,16+,17-,19-,20-,21-/m0/s1.